The van der Waals surface area contributed by atoms with Crippen molar-refractivity contribution in [3.05, 3.63) is 74.3 Å². The van der Waals surface area contributed by atoms with Gasteiger partial charge in [-0.3, -0.25) is 14.9 Å². The Morgan fingerprint density at radius 3 is 2.77 bits per heavy atom. The summed E-state index contributed by atoms with van der Waals surface area (Å²) in [6.07, 6.45) is -0.864. The average molecular weight is 354 g/mol. The number of carbonyl (C=O) groups excluding carboxylic acids is 1. The summed E-state index contributed by atoms with van der Waals surface area (Å²) in [6.45, 7) is 1.54. The zero-order valence-electron chi connectivity index (χ0n) is 13.6. The second-order valence-electron chi connectivity index (χ2n) is 5.55. The third-order valence-corrected chi connectivity index (χ3v) is 3.76. The molecule has 1 heterocycles. The van der Waals surface area contributed by atoms with E-state index in [9.17, 15) is 19.7 Å². The van der Waals surface area contributed by atoms with E-state index in [0.29, 0.717) is 10.9 Å². The fraction of sp³-hybridized carbons (Fsp3) is 0.118. The Morgan fingerprint density at radius 1 is 1.31 bits per heavy atom. The van der Waals surface area contributed by atoms with Crippen molar-refractivity contribution in [2.45, 2.75) is 13.0 Å². The number of nitro benzene ring substituents is 1. The molecule has 1 atom stereocenters. The lowest BCUT2D eigenvalue weighted by Gasteiger charge is -2.13. The highest BCUT2D eigenvalue weighted by atomic mass is 16.6. The molecule has 9 heteroatoms. The van der Waals surface area contributed by atoms with Crippen LogP contribution in [0.4, 0.5) is 11.4 Å². The maximum Gasteiger partial charge on any atom is 0.339 e. The highest BCUT2D eigenvalue weighted by Crippen LogP contribution is 2.24. The number of nitrogen functional groups attached to an aromatic ring is 1. The van der Waals surface area contributed by atoms with Gasteiger partial charge in [0, 0.05) is 6.07 Å². The number of nitrogens with two attached hydrogens (primary N) is 1. The van der Waals surface area contributed by atoms with Crippen LogP contribution in [0.3, 0.4) is 0 Å². The van der Waals surface area contributed by atoms with Gasteiger partial charge in [-0.2, -0.15) is 0 Å². The van der Waals surface area contributed by atoms with Crippen molar-refractivity contribution in [3.8, 4) is 0 Å². The number of H-pyrrole nitrogens is 1. The van der Waals surface area contributed by atoms with Crippen molar-refractivity contribution in [2.24, 2.45) is 0 Å². The summed E-state index contributed by atoms with van der Waals surface area (Å²) in [5, 5.41) is 11.3. The van der Waals surface area contributed by atoms with Crippen LogP contribution >= 0.6 is 0 Å². The topological polar surface area (TPSA) is 141 Å². The van der Waals surface area contributed by atoms with Crippen molar-refractivity contribution < 1.29 is 14.5 Å². The smallest absolute Gasteiger partial charge is 0.339 e. The van der Waals surface area contributed by atoms with E-state index in [4.69, 9.17) is 10.5 Å². The van der Waals surface area contributed by atoms with Gasteiger partial charge in [0.25, 0.3) is 11.2 Å². The first-order valence-corrected chi connectivity index (χ1v) is 7.60. The van der Waals surface area contributed by atoms with Crippen molar-refractivity contribution >= 4 is 28.2 Å². The predicted octanol–water partition coefficient (Wildman–Crippen LogP) is 2.33. The summed E-state index contributed by atoms with van der Waals surface area (Å²) in [5.74, 6) is -0.622. The molecule has 3 aromatic rings. The molecule has 1 aromatic heterocycles. The number of anilines is 1. The number of hydrogen-bond donors (Lipinski definition) is 2. The summed E-state index contributed by atoms with van der Waals surface area (Å²) in [5.41, 5.74) is 5.16. The van der Waals surface area contributed by atoms with Crippen molar-refractivity contribution in [2.75, 3.05) is 5.73 Å². The fourth-order valence-corrected chi connectivity index (χ4v) is 2.41. The standard InChI is InChI=1S/C17H14N4O5/c1-9(15-19-13-5-3-2-4-11(13)16(22)20-15)26-17(23)10-6-7-12(18)14(8-10)21(24)25/h2-9H,18H2,1H3,(H,19,20,22)/t9-/m0/s1. The van der Waals surface area contributed by atoms with Gasteiger partial charge in [0.15, 0.2) is 11.9 Å². The van der Waals surface area contributed by atoms with Crippen LogP contribution in [0.15, 0.2) is 47.3 Å². The monoisotopic (exact) mass is 354 g/mol. The first-order valence-electron chi connectivity index (χ1n) is 7.60. The second kappa shape index (κ2) is 6.63. The molecule has 2 aromatic carbocycles. The minimum Gasteiger partial charge on any atom is -0.451 e. The van der Waals surface area contributed by atoms with Crippen molar-refractivity contribution in [1.82, 2.24) is 9.97 Å². The number of para-hydroxylation sites is 1. The van der Waals surface area contributed by atoms with Gasteiger partial charge in [-0.15, -0.1) is 0 Å². The number of fused-ring (bicyclic) bond motifs is 1. The maximum atomic E-state index is 12.3. The molecule has 26 heavy (non-hydrogen) atoms. The molecule has 0 unspecified atom stereocenters. The highest BCUT2D eigenvalue weighted by molar-refractivity contribution is 5.91. The molecule has 132 valence electrons. The largest absolute Gasteiger partial charge is 0.451 e. The molecule has 0 saturated heterocycles. The Kier molecular flexibility index (Phi) is 4.36. The number of hydrogen-bond acceptors (Lipinski definition) is 7. The summed E-state index contributed by atoms with van der Waals surface area (Å²) < 4.78 is 5.27. The van der Waals surface area contributed by atoms with E-state index in [1.165, 1.54) is 19.1 Å². The molecule has 0 aliphatic carbocycles. The summed E-state index contributed by atoms with van der Waals surface area (Å²) in [4.78, 5) is 41.4. The Balaban J connectivity index is 1.87. The summed E-state index contributed by atoms with van der Waals surface area (Å²) in [6, 6.07) is 10.4. The summed E-state index contributed by atoms with van der Waals surface area (Å²) >= 11 is 0. The number of aromatic nitrogens is 2. The van der Waals surface area contributed by atoms with Crippen LogP contribution in [0, 0.1) is 10.1 Å². The number of nitro groups is 1. The Morgan fingerprint density at radius 2 is 2.04 bits per heavy atom. The van der Waals surface area contributed by atoms with Gasteiger partial charge in [0.1, 0.15) is 5.69 Å². The Hall–Kier alpha value is -3.75. The van der Waals surface area contributed by atoms with E-state index in [0.717, 1.165) is 6.07 Å². The van der Waals surface area contributed by atoms with Crippen LogP contribution < -0.4 is 11.3 Å². The predicted molar refractivity (Wildman–Crippen MR) is 93.7 cm³/mol. The summed E-state index contributed by atoms with van der Waals surface area (Å²) in [7, 11) is 0. The third-order valence-electron chi connectivity index (χ3n) is 3.76. The minimum absolute atomic E-state index is 0.0270. The van der Waals surface area contributed by atoms with Crippen molar-refractivity contribution in [1.29, 1.82) is 0 Å². The lowest BCUT2D eigenvalue weighted by Crippen LogP contribution is -2.17. The molecule has 0 fully saturated rings. The lowest BCUT2D eigenvalue weighted by molar-refractivity contribution is -0.383. The van der Waals surface area contributed by atoms with Crippen molar-refractivity contribution in [3.63, 3.8) is 0 Å². The van der Waals surface area contributed by atoms with E-state index in [1.807, 2.05) is 0 Å². The van der Waals surface area contributed by atoms with Crippen LogP contribution in [0.25, 0.3) is 10.9 Å². The normalized spacial score (nSPS) is 11.9. The first-order chi connectivity index (χ1) is 12.4. The molecule has 0 radical (unpaired) electrons. The number of ether oxygens (including phenoxy) is 1. The molecule has 9 nitrogen and oxygen atoms in total. The van der Waals surface area contributed by atoms with E-state index in [2.05, 4.69) is 9.97 Å². The molecule has 0 aliphatic heterocycles. The number of nitrogens with one attached hydrogen (secondary N) is 1. The lowest BCUT2D eigenvalue weighted by atomic mass is 10.2. The van der Waals surface area contributed by atoms with E-state index in [1.54, 1.807) is 24.3 Å². The average Bonchev–Trinajstić information content (AvgIpc) is 2.61. The SMILES string of the molecule is C[C@H](OC(=O)c1ccc(N)c([N+](=O)[O-])c1)c1nc2ccccc2c(=O)[nH]1. The number of benzene rings is 2. The third kappa shape index (κ3) is 3.22. The minimum atomic E-state index is -0.864. The van der Waals surface area contributed by atoms with Gasteiger partial charge < -0.3 is 15.5 Å². The van der Waals surface area contributed by atoms with E-state index >= 15 is 0 Å². The molecule has 0 amide bonds. The van der Waals surface area contributed by atoms with Gasteiger partial charge in [-0.25, -0.2) is 9.78 Å². The fourth-order valence-electron chi connectivity index (χ4n) is 2.41. The van der Waals surface area contributed by atoms with Gasteiger partial charge in [-0.05, 0) is 31.2 Å². The van der Waals surface area contributed by atoms with Gasteiger partial charge in [0.2, 0.25) is 0 Å². The molecule has 3 N–H and O–H groups in total. The van der Waals surface area contributed by atoms with Gasteiger partial charge in [-0.1, -0.05) is 12.1 Å². The first kappa shape index (κ1) is 17.1. The molecule has 0 bridgehead atoms. The zero-order chi connectivity index (χ0) is 18.8. The quantitative estimate of drug-likeness (QED) is 0.317. The van der Waals surface area contributed by atoms with E-state index < -0.39 is 17.0 Å². The van der Waals surface area contributed by atoms with Crippen LogP contribution in [0.2, 0.25) is 0 Å². The molecule has 0 spiro atoms. The molecular weight excluding hydrogens is 340 g/mol. The van der Waals surface area contributed by atoms with Crippen LogP contribution in [0.1, 0.15) is 29.2 Å². The van der Waals surface area contributed by atoms with Gasteiger partial charge in [0.05, 0.1) is 21.4 Å². The van der Waals surface area contributed by atoms with Crippen LogP contribution in [-0.2, 0) is 4.74 Å². The van der Waals surface area contributed by atoms with Crippen LogP contribution in [-0.4, -0.2) is 20.9 Å². The molecular formula is C17H14N4O5. The number of nitrogens with zero attached hydrogens (tertiary/aromatic N) is 2. The number of esters is 1. The van der Waals surface area contributed by atoms with Gasteiger partial charge >= 0.3 is 5.97 Å². The second-order valence-corrected chi connectivity index (χ2v) is 5.55. The number of rotatable bonds is 4. The maximum absolute atomic E-state index is 12.3. The van der Waals surface area contributed by atoms with Crippen LogP contribution in [0.5, 0.6) is 0 Å². The number of carbonyl (C=O) groups is 1. The van der Waals surface area contributed by atoms with E-state index in [-0.39, 0.29) is 28.3 Å². The zero-order valence-corrected chi connectivity index (χ0v) is 13.6. The molecule has 0 saturated carbocycles. The molecule has 0 aliphatic rings. The molecule has 3 rings (SSSR count). The highest BCUT2D eigenvalue weighted by Gasteiger charge is 2.20. The Bertz CT molecular complexity index is 1080. The Labute approximate surface area is 146 Å². The number of aromatic amines is 1.